The Kier molecular flexibility index (Phi) is 2.99. The Morgan fingerprint density at radius 1 is 1.77 bits per heavy atom. The number of hydrogen-bond donors (Lipinski definition) is 2. The number of amides is 2. The summed E-state index contributed by atoms with van der Waals surface area (Å²) < 4.78 is 0. The van der Waals surface area contributed by atoms with Gasteiger partial charge in [-0.1, -0.05) is 0 Å². The van der Waals surface area contributed by atoms with Crippen LogP contribution in [0.2, 0.25) is 0 Å². The van der Waals surface area contributed by atoms with Crippen molar-refractivity contribution in [3.8, 4) is 0 Å². The van der Waals surface area contributed by atoms with Gasteiger partial charge in [-0.15, -0.1) is 0 Å². The van der Waals surface area contributed by atoms with E-state index in [0.717, 1.165) is 0 Å². The number of carbonyl (C=O) groups is 2. The van der Waals surface area contributed by atoms with Gasteiger partial charge in [0.05, 0.1) is 0 Å². The van der Waals surface area contributed by atoms with E-state index in [0.29, 0.717) is 12.0 Å². The average molecular weight is 186 g/mol. The van der Waals surface area contributed by atoms with Crippen LogP contribution in [0, 0.1) is 0 Å². The minimum absolute atomic E-state index is 0.244. The van der Waals surface area contributed by atoms with Crippen LogP contribution >= 0.6 is 0 Å². The van der Waals surface area contributed by atoms with E-state index in [1.54, 1.807) is 0 Å². The number of rotatable bonds is 3. The number of nitrogens with one attached hydrogen (secondary N) is 1. The molecule has 72 valence electrons. The van der Waals surface area contributed by atoms with E-state index in [9.17, 15) is 9.59 Å². The van der Waals surface area contributed by atoms with Crippen molar-refractivity contribution in [2.24, 2.45) is 0 Å². The highest BCUT2D eigenvalue weighted by molar-refractivity contribution is 5.95. The van der Waals surface area contributed by atoms with Gasteiger partial charge in [-0.2, -0.15) is 0 Å². The highest BCUT2D eigenvalue weighted by Crippen LogP contribution is 2.14. The van der Waals surface area contributed by atoms with Gasteiger partial charge in [-0.25, -0.2) is 10.1 Å². The number of nitrogens with zero attached hydrogens (tertiary/aromatic N) is 1. The summed E-state index contributed by atoms with van der Waals surface area (Å²) in [7, 11) is 1.51. The van der Waals surface area contributed by atoms with Crippen LogP contribution < -0.4 is 5.32 Å². The van der Waals surface area contributed by atoms with Gasteiger partial charge in [0, 0.05) is 25.2 Å². The Morgan fingerprint density at radius 2 is 2.46 bits per heavy atom. The number of hydrogen-bond acceptors (Lipinski definition) is 4. The molecule has 0 radical (unpaired) electrons. The third kappa shape index (κ3) is 2.27. The maximum atomic E-state index is 11.1. The Hall–Kier alpha value is -1.40. The molecular weight excluding hydrogens is 176 g/mol. The second-order valence-electron chi connectivity index (χ2n) is 2.70. The van der Waals surface area contributed by atoms with E-state index in [-0.39, 0.29) is 12.3 Å². The van der Waals surface area contributed by atoms with E-state index in [1.807, 2.05) is 0 Å². The van der Waals surface area contributed by atoms with Crippen molar-refractivity contribution >= 4 is 12.3 Å². The molecule has 6 nitrogen and oxygen atoms in total. The van der Waals surface area contributed by atoms with Crippen LogP contribution in [0.15, 0.2) is 11.8 Å². The van der Waals surface area contributed by atoms with Crippen molar-refractivity contribution in [1.82, 2.24) is 10.2 Å². The summed E-state index contributed by atoms with van der Waals surface area (Å²) in [5.74, 6) is -0.340. The molecule has 0 saturated carbocycles. The molecule has 0 aromatic rings. The third-order valence-electron chi connectivity index (χ3n) is 1.64. The predicted molar refractivity (Wildman–Crippen MR) is 42.2 cm³/mol. The van der Waals surface area contributed by atoms with Crippen molar-refractivity contribution < 1.29 is 19.7 Å². The molecule has 0 aromatic carbocycles. The lowest BCUT2D eigenvalue weighted by Gasteiger charge is -2.03. The molecule has 2 amide bonds. The van der Waals surface area contributed by atoms with Crippen LogP contribution in [0.3, 0.4) is 0 Å². The molecule has 0 spiro atoms. The molecule has 1 aliphatic heterocycles. The van der Waals surface area contributed by atoms with E-state index in [2.05, 4.69) is 10.2 Å². The minimum Gasteiger partial charge on any atom is -0.324 e. The van der Waals surface area contributed by atoms with Crippen molar-refractivity contribution in [3.63, 3.8) is 0 Å². The molecule has 1 fully saturated rings. The molecule has 1 aliphatic rings. The molecule has 0 aliphatic carbocycles. The van der Waals surface area contributed by atoms with E-state index >= 15 is 0 Å². The predicted octanol–water partition coefficient (Wildman–Crippen LogP) is -0.706. The van der Waals surface area contributed by atoms with Gasteiger partial charge in [0.1, 0.15) is 0 Å². The van der Waals surface area contributed by atoms with Gasteiger partial charge in [0.15, 0.2) is 6.23 Å². The summed E-state index contributed by atoms with van der Waals surface area (Å²) >= 11 is 0. The molecule has 1 atom stereocenters. The summed E-state index contributed by atoms with van der Waals surface area (Å²) in [6.45, 7) is 0. The zero-order chi connectivity index (χ0) is 9.84. The van der Waals surface area contributed by atoms with Crippen molar-refractivity contribution in [2.75, 3.05) is 7.05 Å². The maximum Gasteiger partial charge on any atom is 0.250 e. The average Bonchev–Trinajstić information content (AvgIpc) is 2.47. The van der Waals surface area contributed by atoms with Gasteiger partial charge in [-0.3, -0.25) is 9.59 Å². The van der Waals surface area contributed by atoms with Gasteiger partial charge in [0.25, 0.3) is 5.91 Å². The SMILES string of the molecule is CN(C=O)/C=C1\CC(OO)NC1=O. The second-order valence-corrected chi connectivity index (χ2v) is 2.70. The summed E-state index contributed by atoms with van der Waals surface area (Å²) in [5.41, 5.74) is 0.397. The molecule has 1 rings (SSSR count). The third-order valence-corrected chi connectivity index (χ3v) is 1.64. The van der Waals surface area contributed by atoms with E-state index in [4.69, 9.17) is 5.26 Å². The fraction of sp³-hybridized carbons (Fsp3) is 0.429. The first kappa shape index (κ1) is 9.69. The summed E-state index contributed by atoms with van der Waals surface area (Å²) in [6.07, 6.45) is 1.50. The molecule has 13 heavy (non-hydrogen) atoms. The molecule has 1 saturated heterocycles. The van der Waals surface area contributed by atoms with Crippen LogP contribution in [0.4, 0.5) is 0 Å². The fourth-order valence-corrected chi connectivity index (χ4v) is 1.03. The lowest BCUT2D eigenvalue weighted by Crippen LogP contribution is -2.26. The van der Waals surface area contributed by atoms with Gasteiger partial charge in [0.2, 0.25) is 6.41 Å². The molecule has 0 aromatic heterocycles. The molecule has 1 unspecified atom stereocenters. The molecule has 2 N–H and O–H groups in total. The summed E-state index contributed by atoms with van der Waals surface area (Å²) in [5, 5.41) is 10.6. The lowest BCUT2D eigenvalue weighted by molar-refractivity contribution is -0.280. The zero-order valence-corrected chi connectivity index (χ0v) is 7.06. The van der Waals surface area contributed by atoms with Gasteiger partial charge < -0.3 is 10.2 Å². The lowest BCUT2D eigenvalue weighted by atomic mass is 10.2. The first-order chi connectivity index (χ1) is 6.17. The first-order valence-corrected chi connectivity index (χ1v) is 3.66. The smallest absolute Gasteiger partial charge is 0.250 e. The largest absolute Gasteiger partial charge is 0.324 e. The van der Waals surface area contributed by atoms with Crippen LogP contribution in [-0.4, -0.2) is 35.7 Å². The zero-order valence-electron chi connectivity index (χ0n) is 7.06. The summed E-state index contributed by atoms with van der Waals surface area (Å²) in [6, 6.07) is 0. The molecule has 0 bridgehead atoms. The van der Waals surface area contributed by atoms with Crippen molar-refractivity contribution in [2.45, 2.75) is 12.6 Å². The normalized spacial score (nSPS) is 24.6. The van der Waals surface area contributed by atoms with Crippen LogP contribution in [0.25, 0.3) is 0 Å². The maximum absolute atomic E-state index is 11.1. The highest BCUT2D eigenvalue weighted by Gasteiger charge is 2.27. The van der Waals surface area contributed by atoms with Crippen molar-refractivity contribution in [3.05, 3.63) is 11.8 Å². The number of carbonyl (C=O) groups excluding carboxylic acids is 2. The van der Waals surface area contributed by atoms with Crippen LogP contribution in [0.5, 0.6) is 0 Å². The van der Waals surface area contributed by atoms with E-state index < -0.39 is 6.23 Å². The van der Waals surface area contributed by atoms with Crippen molar-refractivity contribution in [1.29, 1.82) is 0 Å². The Bertz CT molecular complexity index is 251. The first-order valence-electron chi connectivity index (χ1n) is 3.66. The molecular formula is C7H10N2O4. The van der Waals surface area contributed by atoms with E-state index in [1.165, 1.54) is 18.1 Å². The highest BCUT2D eigenvalue weighted by atomic mass is 17.1. The monoisotopic (exact) mass is 186 g/mol. The quantitative estimate of drug-likeness (QED) is 0.264. The Labute approximate surface area is 74.7 Å². The Balaban J connectivity index is 2.66. The van der Waals surface area contributed by atoms with Crippen LogP contribution in [-0.2, 0) is 14.5 Å². The molecule has 6 heteroatoms. The second kappa shape index (κ2) is 4.01. The minimum atomic E-state index is -0.709. The Morgan fingerprint density at radius 3 is 2.92 bits per heavy atom. The fourth-order valence-electron chi connectivity index (χ4n) is 1.03. The summed E-state index contributed by atoms with van der Waals surface area (Å²) in [4.78, 5) is 26.5. The van der Waals surface area contributed by atoms with Gasteiger partial charge >= 0.3 is 0 Å². The molecule has 1 heterocycles. The topological polar surface area (TPSA) is 78.9 Å². The standard InChI is InChI=1S/C7H10N2O4/c1-9(4-10)3-5-2-6(13-12)8-7(5)11/h3-4,6,12H,2H2,1H3,(H,8,11)/b5-3+. The van der Waals surface area contributed by atoms with Gasteiger partial charge in [-0.05, 0) is 0 Å². The van der Waals surface area contributed by atoms with Crippen LogP contribution in [0.1, 0.15) is 6.42 Å².